The number of benzene rings is 2. The Balaban J connectivity index is 1.92. The molecule has 2 atom stereocenters. The first-order valence-corrected chi connectivity index (χ1v) is 7.97. The van der Waals surface area contributed by atoms with E-state index in [1.165, 1.54) is 11.1 Å². The van der Waals surface area contributed by atoms with Crippen molar-refractivity contribution in [2.45, 2.75) is 32.4 Å². The van der Waals surface area contributed by atoms with Gasteiger partial charge in [-0.15, -0.1) is 0 Å². The first kappa shape index (κ1) is 15.6. The molecule has 0 amide bonds. The van der Waals surface area contributed by atoms with E-state index in [0.717, 1.165) is 15.9 Å². The van der Waals surface area contributed by atoms with Gasteiger partial charge in [-0.25, -0.2) is 0 Å². The lowest BCUT2D eigenvalue weighted by Crippen LogP contribution is -2.30. The zero-order valence-corrected chi connectivity index (χ0v) is 14.1. The summed E-state index contributed by atoms with van der Waals surface area (Å²) in [5, 5.41) is 4.42. The summed E-state index contributed by atoms with van der Waals surface area (Å²) in [6.45, 7) is 4.41. The van der Waals surface area contributed by atoms with Gasteiger partial charge in [-0.05, 0) is 55.7 Å². The zero-order chi connectivity index (χ0) is 14.5. The van der Waals surface area contributed by atoms with Crippen LogP contribution < -0.4 is 5.32 Å². The van der Waals surface area contributed by atoms with Crippen molar-refractivity contribution in [3.63, 3.8) is 0 Å². The van der Waals surface area contributed by atoms with E-state index in [1.807, 2.05) is 12.1 Å². The molecule has 0 aliphatic rings. The van der Waals surface area contributed by atoms with Gasteiger partial charge in [0, 0.05) is 21.6 Å². The summed E-state index contributed by atoms with van der Waals surface area (Å²) in [6.07, 6.45) is 0.998. The van der Waals surface area contributed by atoms with Gasteiger partial charge in [0.2, 0.25) is 0 Å². The van der Waals surface area contributed by atoms with Crippen LogP contribution in [0.3, 0.4) is 0 Å². The Bertz CT molecular complexity index is 536. The lowest BCUT2D eigenvalue weighted by molar-refractivity contribution is 0.477. The van der Waals surface area contributed by atoms with Crippen LogP contribution >= 0.6 is 27.5 Å². The van der Waals surface area contributed by atoms with E-state index in [9.17, 15) is 0 Å². The maximum atomic E-state index is 5.91. The standard InChI is InChI=1S/C17H19BrClN/c1-12(11-14-3-9-17(19)10-4-14)20-13(2)15-5-7-16(18)8-6-15/h3-10,12-13,20H,11H2,1-2H3. The van der Waals surface area contributed by atoms with Crippen LogP contribution in [-0.2, 0) is 6.42 Å². The summed E-state index contributed by atoms with van der Waals surface area (Å²) in [4.78, 5) is 0. The number of hydrogen-bond acceptors (Lipinski definition) is 1. The van der Waals surface area contributed by atoms with Crippen LogP contribution in [0.2, 0.25) is 5.02 Å². The van der Waals surface area contributed by atoms with Gasteiger partial charge in [0.05, 0.1) is 0 Å². The zero-order valence-electron chi connectivity index (χ0n) is 11.7. The Kier molecular flexibility index (Phi) is 5.64. The molecular formula is C17H19BrClN. The first-order valence-electron chi connectivity index (χ1n) is 6.80. The number of hydrogen-bond donors (Lipinski definition) is 1. The van der Waals surface area contributed by atoms with Crippen LogP contribution in [0.4, 0.5) is 0 Å². The average Bonchev–Trinajstić information content (AvgIpc) is 2.42. The molecule has 0 bridgehead atoms. The fourth-order valence-electron chi connectivity index (χ4n) is 2.31. The third kappa shape index (κ3) is 4.62. The van der Waals surface area contributed by atoms with E-state index in [-0.39, 0.29) is 0 Å². The molecule has 0 radical (unpaired) electrons. The van der Waals surface area contributed by atoms with Gasteiger partial charge in [-0.2, -0.15) is 0 Å². The van der Waals surface area contributed by atoms with Gasteiger partial charge in [0.15, 0.2) is 0 Å². The first-order chi connectivity index (χ1) is 9.54. The molecule has 0 spiro atoms. The SMILES string of the molecule is CC(Cc1ccc(Cl)cc1)NC(C)c1ccc(Br)cc1. The molecule has 106 valence electrons. The summed E-state index contributed by atoms with van der Waals surface area (Å²) >= 11 is 9.37. The molecule has 0 saturated heterocycles. The van der Waals surface area contributed by atoms with Gasteiger partial charge < -0.3 is 5.32 Å². The Hall–Kier alpha value is -0.830. The number of rotatable bonds is 5. The fourth-order valence-corrected chi connectivity index (χ4v) is 2.70. The third-order valence-electron chi connectivity index (χ3n) is 3.36. The maximum absolute atomic E-state index is 5.91. The highest BCUT2D eigenvalue weighted by Crippen LogP contribution is 2.18. The van der Waals surface area contributed by atoms with Crippen molar-refractivity contribution < 1.29 is 0 Å². The van der Waals surface area contributed by atoms with Crippen molar-refractivity contribution in [2.75, 3.05) is 0 Å². The average molecular weight is 353 g/mol. The van der Waals surface area contributed by atoms with Crippen LogP contribution in [0, 0.1) is 0 Å². The second-order valence-electron chi connectivity index (χ2n) is 5.17. The summed E-state index contributed by atoms with van der Waals surface area (Å²) < 4.78 is 1.11. The van der Waals surface area contributed by atoms with Crippen molar-refractivity contribution in [2.24, 2.45) is 0 Å². The van der Waals surface area contributed by atoms with E-state index < -0.39 is 0 Å². The summed E-state index contributed by atoms with van der Waals surface area (Å²) in [7, 11) is 0. The lowest BCUT2D eigenvalue weighted by Gasteiger charge is -2.20. The molecule has 2 aromatic carbocycles. The van der Waals surface area contributed by atoms with Gasteiger partial charge >= 0.3 is 0 Å². The largest absolute Gasteiger partial charge is 0.307 e. The molecule has 1 nitrogen and oxygen atoms in total. The minimum absolute atomic E-state index is 0.338. The Labute approximate surface area is 134 Å². The molecule has 3 heteroatoms. The van der Waals surface area contributed by atoms with Crippen molar-refractivity contribution in [1.82, 2.24) is 5.32 Å². The molecule has 1 N–H and O–H groups in total. The Morgan fingerprint density at radius 2 is 1.60 bits per heavy atom. The molecule has 0 saturated carbocycles. The predicted octanol–water partition coefficient (Wildman–Crippen LogP) is 5.38. The Morgan fingerprint density at radius 1 is 1.00 bits per heavy atom. The second kappa shape index (κ2) is 7.26. The molecular weight excluding hydrogens is 334 g/mol. The molecule has 0 heterocycles. The lowest BCUT2D eigenvalue weighted by atomic mass is 10.0. The van der Waals surface area contributed by atoms with E-state index in [0.29, 0.717) is 12.1 Å². The van der Waals surface area contributed by atoms with Crippen molar-refractivity contribution in [3.05, 3.63) is 69.2 Å². The van der Waals surface area contributed by atoms with E-state index in [4.69, 9.17) is 11.6 Å². The van der Waals surface area contributed by atoms with Gasteiger partial charge in [0.1, 0.15) is 0 Å². The van der Waals surface area contributed by atoms with Gasteiger partial charge in [-0.1, -0.05) is 51.8 Å². The van der Waals surface area contributed by atoms with Crippen molar-refractivity contribution in [3.8, 4) is 0 Å². The molecule has 20 heavy (non-hydrogen) atoms. The van der Waals surface area contributed by atoms with E-state index in [1.54, 1.807) is 0 Å². The molecule has 2 unspecified atom stereocenters. The number of halogens is 2. The summed E-state index contributed by atoms with van der Waals surface area (Å²) in [6, 6.07) is 17.3. The van der Waals surface area contributed by atoms with Gasteiger partial charge in [0.25, 0.3) is 0 Å². The normalized spacial score (nSPS) is 14.0. The maximum Gasteiger partial charge on any atom is 0.0406 e. The quantitative estimate of drug-likeness (QED) is 0.761. The third-order valence-corrected chi connectivity index (χ3v) is 4.14. The van der Waals surface area contributed by atoms with E-state index in [2.05, 4.69) is 71.5 Å². The Morgan fingerprint density at radius 3 is 2.20 bits per heavy atom. The highest BCUT2D eigenvalue weighted by atomic mass is 79.9. The monoisotopic (exact) mass is 351 g/mol. The molecule has 2 aromatic rings. The van der Waals surface area contributed by atoms with E-state index >= 15 is 0 Å². The number of nitrogens with one attached hydrogen (secondary N) is 1. The topological polar surface area (TPSA) is 12.0 Å². The fraction of sp³-hybridized carbons (Fsp3) is 0.294. The molecule has 0 aromatic heterocycles. The van der Waals surface area contributed by atoms with Crippen molar-refractivity contribution >= 4 is 27.5 Å². The molecule has 0 aliphatic carbocycles. The van der Waals surface area contributed by atoms with Gasteiger partial charge in [-0.3, -0.25) is 0 Å². The summed E-state index contributed by atoms with van der Waals surface area (Å²) in [5.74, 6) is 0. The molecule has 0 fully saturated rings. The molecule has 2 rings (SSSR count). The van der Waals surface area contributed by atoms with Crippen LogP contribution in [0.5, 0.6) is 0 Å². The smallest absolute Gasteiger partial charge is 0.0406 e. The molecule has 0 aliphatic heterocycles. The summed E-state index contributed by atoms with van der Waals surface area (Å²) in [5.41, 5.74) is 2.61. The van der Waals surface area contributed by atoms with Crippen LogP contribution in [-0.4, -0.2) is 6.04 Å². The highest BCUT2D eigenvalue weighted by Gasteiger charge is 2.10. The second-order valence-corrected chi connectivity index (χ2v) is 6.52. The minimum Gasteiger partial charge on any atom is -0.307 e. The minimum atomic E-state index is 0.338. The van der Waals surface area contributed by atoms with Crippen LogP contribution in [0.25, 0.3) is 0 Å². The predicted molar refractivity (Wildman–Crippen MR) is 90.3 cm³/mol. The van der Waals surface area contributed by atoms with Crippen molar-refractivity contribution in [1.29, 1.82) is 0 Å². The van der Waals surface area contributed by atoms with Crippen LogP contribution in [0.1, 0.15) is 31.0 Å². The van der Waals surface area contributed by atoms with Crippen LogP contribution in [0.15, 0.2) is 53.0 Å². The highest BCUT2D eigenvalue weighted by molar-refractivity contribution is 9.10.